The fourth-order valence-electron chi connectivity index (χ4n) is 2.35. The maximum atomic E-state index is 11.4. The Kier molecular flexibility index (Phi) is 2.97. The molecule has 0 saturated carbocycles. The zero-order valence-corrected chi connectivity index (χ0v) is 11.4. The van der Waals surface area contributed by atoms with Crippen LogP contribution in [0, 0.1) is 0 Å². The van der Waals surface area contributed by atoms with E-state index in [1.165, 1.54) is 16.6 Å². The summed E-state index contributed by atoms with van der Waals surface area (Å²) < 4.78 is 24.3. The average Bonchev–Trinajstić information content (AvgIpc) is 2.81. The van der Waals surface area contributed by atoms with Gasteiger partial charge in [0.15, 0.2) is 11.5 Å². The van der Waals surface area contributed by atoms with Crippen LogP contribution in [0.3, 0.4) is 0 Å². The Hall–Kier alpha value is -1.96. The Balaban J connectivity index is 1.91. The highest BCUT2D eigenvalue weighted by Crippen LogP contribution is 2.27. The van der Waals surface area contributed by atoms with Crippen LogP contribution in [0.25, 0.3) is 5.65 Å². The number of rotatable bonds is 2. The normalized spacial score (nSPS) is 19.2. The lowest BCUT2D eigenvalue weighted by Gasteiger charge is -2.18. The van der Waals surface area contributed by atoms with Crippen molar-refractivity contribution in [1.29, 1.82) is 0 Å². The predicted octanol–water partition coefficient (Wildman–Crippen LogP) is 0.720. The Morgan fingerprint density at radius 3 is 2.70 bits per heavy atom. The van der Waals surface area contributed by atoms with Gasteiger partial charge < -0.3 is 5.11 Å². The average molecular weight is 295 g/mol. The monoisotopic (exact) mass is 295 g/mol. The summed E-state index contributed by atoms with van der Waals surface area (Å²) in [4.78, 5) is 15.2. The van der Waals surface area contributed by atoms with E-state index in [1.54, 1.807) is 6.20 Å². The number of fused-ring (bicyclic) bond motifs is 1. The molecule has 0 radical (unpaired) electrons. The van der Waals surface area contributed by atoms with Crippen molar-refractivity contribution in [2.75, 3.05) is 11.5 Å². The number of sulfone groups is 1. The van der Waals surface area contributed by atoms with Gasteiger partial charge in [-0.3, -0.25) is 0 Å². The molecule has 1 fully saturated rings. The number of pyridine rings is 1. The largest absolute Gasteiger partial charge is 0.478 e. The first kappa shape index (κ1) is 13.0. The summed E-state index contributed by atoms with van der Waals surface area (Å²) in [6.45, 7) is 0. The highest BCUT2D eigenvalue weighted by Gasteiger charge is 2.27. The zero-order chi connectivity index (χ0) is 14.3. The highest BCUT2D eigenvalue weighted by atomic mass is 32.2. The Morgan fingerprint density at radius 1 is 1.35 bits per heavy atom. The molecule has 0 aliphatic carbocycles. The van der Waals surface area contributed by atoms with Gasteiger partial charge in [0, 0.05) is 12.1 Å². The van der Waals surface area contributed by atoms with E-state index in [2.05, 4.69) is 10.1 Å². The molecule has 8 heteroatoms. The van der Waals surface area contributed by atoms with Gasteiger partial charge in [-0.15, -0.1) is 0 Å². The molecule has 2 aromatic heterocycles. The minimum absolute atomic E-state index is 0.0201. The van der Waals surface area contributed by atoms with Crippen LogP contribution in [-0.2, 0) is 9.84 Å². The van der Waals surface area contributed by atoms with Crippen LogP contribution in [0.5, 0.6) is 0 Å². The molecule has 0 atom stereocenters. The minimum Gasteiger partial charge on any atom is -0.478 e. The summed E-state index contributed by atoms with van der Waals surface area (Å²) in [6.07, 6.45) is 2.59. The van der Waals surface area contributed by atoms with E-state index in [0.29, 0.717) is 24.3 Å². The van der Waals surface area contributed by atoms with E-state index < -0.39 is 15.8 Å². The van der Waals surface area contributed by atoms with Crippen LogP contribution in [0.2, 0.25) is 0 Å². The van der Waals surface area contributed by atoms with E-state index in [9.17, 15) is 13.2 Å². The maximum absolute atomic E-state index is 11.4. The molecule has 2 aromatic rings. The van der Waals surface area contributed by atoms with Crippen molar-refractivity contribution < 1.29 is 18.3 Å². The standard InChI is InChI=1S/C12H13N3O4S/c16-12(17)9-1-4-15-10(7-9)13-11(14-15)8-2-5-20(18,19)6-3-8/h1,4,7-8H,2-3,5-6H2,(H,16,17). The van der Waals surface area contributed by atoms with Gasteiger partial charge in [0.05, 0.1) is 17.1 Å². The molecule has 1 N–H and O–H groups in total. The number of hydrogen-bond acceptors (Lipinski definition) is 5. The van der Waals surface area contributed by atoms with Crippen LogP contribution in [0.15, 0.2) is 18.3 Å². The van der Waals surface area contributed by atoms with Gasteiger partial charge in [0.1, 0.15) is 9.84 Å². The van der Waals surface area contributed by atoms with Crippen LogP contribution in [-0.4, -0.2) is 45.6 Å². The number of aromatic nitrogens is 3. The van der Waals surface area contributed by atoms with Crippen molar-refractivity contribution in [3.63, 3.8) is 0 Å². The van der Waals surface area contributed by atoms with Gasteiger partial charge in [-0.25, -0.2) is 22.7 Å². The lowest BCUT2D eigenvalue weighted by Crippen LogP contribution is -2.22. The molecule has 0 aromatic carbocycles. The number of hydrogen-bond donors (Lipinski definition) is 1. The first-order chi connectivity index (χ1) is 9.44. The molecule has 106 valence electrons. The maximum Gasteiger partial charge on any atom is 0.335 e. The first-order valence-electron chi connectivity index (χ1n) is 6.25. The molecule has 7 nitrogen and oxygen atoms in total. The topological polar surface area (TPSA) is 102 Å². The Morgan fingerprint density at radius 2 is 2.05 bits per heavy atom. The number of aromatic carboxylic acids is 1. The fraction of sp³-hybridized carbons (Fsp3) is 0.417. The van der Waals surface area contributed by atoms with Crippen LogP contribution >= 0.6 is 0 Å². The third-order valence-electron chi connectivity index (χ3n) is 3.52. The summed E-state index contributed by atoms with van der Waals surface area (Å²) in [6, 6.07) is 2.91. The van der Waals surface area contributed by atoms with E-state index >= 15 is 0 Å². The summed E-state index contributed by atoms with van der Waals surface area (Å²) in [7, 11) is -2.91. The van der Waals surface area contributed by atoms with Gasteiger partial charge in [-0.2, -0.15) is 5.10 Å². The van der Waals surface area contributed by atoms with Crippen LogP contribution in [0.1, 0.15) is 34.9 Å². The van der Waals surface area contributed by atoms with Crippen molar-refractivity contribution in [2.45, 2.75) is 18.8 Å². The third kappa shape index (κ3) is 2.38. The summed E-state index contributed by atoms with van der Waals surface area (Å²) in [5.74, 6) is -0.0868. The first-order valence-corrected chi connectivity index (χ1v) is 8.07. The molecular formula is C12H13N3O4S. The van der Waals surface area contributed by atoms with Crippen LogP contribution in [0.4, 0.5) is 0 Å². The summed E-state index contributed by atoms with van der Waals surface area (Å²) in [5.41, 5.74) is 0.621. The summed E-state index contributed by atoms with van der Waals surface area (Å²) >= 11 is 0. The van der Waals surface area contributed by atoms with Crippen LogP contribution < -0.4 is 0 Å². The molecule has 20 heavy (non-hydrogen) atoms. The van der Waals surface area contributed by atoms with Gasteiger partial charge in [-0.1, -0.05) is 0 Å². The van der Waals surface area contributed by atoms with E-state index in [-0.39, 0.29) is 23.0 Å². The molecular weight excluding hydrogens is 282 g/mol. The van der Waals surface area contributed by atoms with Gasteiger partial charge >= 0.3 is 5.97 Å². The highest BCUT2D eigenvalue weighted by molar-refractivity contribution is 7.91. The van der Waals surface area contributed by atoms with Crippen molar-refractivity contribution >= 4 is 21.5 Å². The van der Waals surface area contributed by atoms with Gasteiger partial charge in [0.2, 0.25) is 0 Å². The zero-order valence-electron chi connectivity index (χ0n) is 10.6. The smallest absolute Gasteiger partial charge is 0.335 e. The number of carboxylic acids is 1. The molecule has 0 bridgehead atoms. The molecule has 0 amide bonds. The second-order valence-corrected chi connectivity index (χ2v) is 7.22. The molecule has 1 aliphatic heterocycles. The van der Waals surface area contributed by atoms with E-state index in [4.69, 9.17) is 5.11 Å². The van der Waals surface area contributed by atoms with Crippen molar-refractivity contribution in [3.8, 4) is 0 Å². The van der Waals surface area contributed by atoms with Gasteiger partial charge in [-0.05, 0) is 25.0 Å². The predicted molar refractivity (Wildman–Crippen MR) is 70.6 cm³/mol. The molecule has 3 rings (SSSR count). The summed E-state index contributed by atoms with van der Waals surface area (Å²) in [5, 5.41) is 13.2. The minimum atomic E-state index is -2.91. The SMILES string of the molecule is O=C(O)c1ccn2nc(C3CCS(=O)(=O)CC3)nc2c1. The van der Waals surface area contributed by atoms with Crippen molar-refractivity contribution in [1.82, 2.24) is 14.6 Å². The molecule has 0 unspecified atom stereocenters. The number of carbonyl (C=O) groups is 1. The van der Waals surface area contributed by atoms with E-state index in [1.807, 2.05) is 0 Å². The van der Waals surface area contributed by atoms with E-state index in [0.717, 1.165) is 0 Å². The fourth-order valence-corrected chi connectivity index (χ4v) is 3.84. The number of carboxylic acid groups (broad SMARTS) is 1. The van der Waals surface area contributed by atoms with Crippen molar-refractivity contribution in [3.05, 3.63) is 29.7 Å². The molecule has 0 spiro atoms. The molecule has 1 saturated heterocycles. The third-order valence-corrected chi connectivity index (χ3v) is 5.24. The van der Waals surface area contributed by atoms with Gasteiger partial charge in [0.25, 0.3) is 0 Å². The lowest BCUT2D eigenvalue weighted by atomic mass is 10.0. The molecule has 3 heterocycles. The quantitative estimate of drug-likeness (QED) is 0.876. The van der Waals surface area contributed by atoms with Crippen molar-refractivity contribution in [2.24, 2.45) is 0 Å². The second kappa shape index (κ2) is 4.55. The Labute approximate surface area is 115 Å². The second-order valence-electron chi connectivity index (χ2n) is 4.92. The number of nitrogens with zero attached hydrogens (tertiary/aromatic N) is 3. The Bertz CT molecular complexity index is 767. The lowest BCUT2D eigenvalue weighted by molar-refractivity contribution is 0.0697. The molecule has 1 aliphatic rings.